The van der Waals surface area contributed by atoms with Gasteiger partial charge in [0.2, 0.25) is 11.6 Å². The minimum atomic E-state index is -0.598. The number of hydrogen-bond acceptors (Lipinski definition) is 4. The fourth-order valence-electron chi connectivity index (χ4n) is 4.28. The molecular weight excluding hydrogens is 374 g/mol. The van der Waals surface area contributed by atoms with E-state index in [1.54, 1.807) is 0 Å². The van der Waals surface area contributed by atoms with Gasteiger partial charge < -0.3 is 10.4 Å². The van der Waals surface area contributed by atoms with Gasteiger partial charge >= 0.3 is 0 Å². The van der Waals surface area contributed by atoms with E-state index in [0.717, 1.165) is 25.7 Å². The largest absolute Gasteiger partial charge is 0.505 e. The van der Waals surface area contributed by atoms with E-state index in [1.807, 2.05) is 6.08 Å². The molecular formula is C26H39NO3. The highest BCUT2D eigenvalue weighted by Crippen LogP contribution is 2.45. The van der Waals surface area contributed by atoms with Crippen LogP contribution in [0.25, 0.3) is 0 Å². The molecule has 0 aromatic rings. The Morgan fingerprint density at radius 1 is 1.37 bits per heavy atom. The van der Waals surface area contributed by atoms with E-state index in [1.165, 1.54) is 23.6 Å². The molecule has 2 aliphatic carbocycles. The summed E-state index contributed by atoms with van der Waals surface area (Å²) >= 11 is 0. The van der Waals surface area contributed by atoms with Gasteiger partial charge in [-0.05, 0) is 69.6 Å². The zero-order valence-electron chi connectivity index (χ0n) is 19.6. The van der Waals surface area contributed by atoms with E-state index in [-0.39, 0.29) is 17.8 Å². The highest BCUT2D eigenvalue weighted by Gasteiger charge is 2.33. The van der Waals surface area contributed by atoms with Crippen LogP contribution in [0, 0.1) is 17.3 Å². The Hall–Kier alpha value is -2.10. The summed E-state index contributed by atoms with van der Waals surface area (Å²) in [4.78, 5) is 24.4. The molecule has 4 heteroatoms. The number of rotatable bonds is 9. The van der Waals surface area contributed by atoms with Crippen LogP contribution in [0.4, 0.5) is 0 Å². The summed E-state index contributed by atoms with van der Waals surface area (Å²) in [6, 6.07) is 0. The minimum absolute atomic E-state index is 0.0824. The molecule has 2 rings (SSSR count). The maximum atomic E-state index is 12.3. The first-order chi connectivity index (χ1) is 14.0. The van der Waals surface area contributed by atoms with Crippen molar-refractivity contribution in [2.24, 2.45) is 17.3 Å². The lowest BCUT2D eigenvalue weighted by Crippen LogP contribution is -2.29. The Kier molecular flexibility index (Phi) is 8.28. The number of aliphatic hydroxyl groups excluding tert-OH is 1. The van der Waals surface area contributed by atoms with Crippen molar-refractivity contribution < 1.29 is 14.7 Å². The monoisotopic (exact) mass is 413 g/mol. The molecule has 0 bridgehead atoms. The number of nitrogens with one attached hydrogen (secondary N) is 1. The van der Waals surface area contributed by atoms with E-state index in [2.05, 4.69) is 52.9 Å². The van der Waals surface area contributed by atoms with Gasteiger partial charge in [0, 0.05) is 12.6 Å². The zero-order valence-corrected chi connectivity index (χ0v) is 19.6. The first-order valence-corrected chi connectivity index (χ1v) is 11.3. The second kappa shape index (κ2) is 10.3. The smallest absolute Gasteiger partial charge is 0.233 e. The van der Waals surface area contributed by atoms with Gasteiger partial charge in [-0.1, -0.05) is 51.0 Å². The lowest BCUT2D eigenvalue weighted by atomic mass is 9.65. The molecule has 2 unspecified atom stereocenters. The molecule has 0 saturated heterocycles. The van der Waals surface area contributed by atoms with Crippen LogP contribution in [0.3, 0.4) is 0 Å². The first kappa shape index (κ1) is 24.2. The zero-order chi connectivity index (χ0) is 22.5. The molecule has 2 N–H and O–H groups in total. The summed E-state index contributed by atoms with van der Waals surface area (Å²) in [6.07, 6.45) is 11.2. The number of hydrogen-bond donors (Lipinski definition) is 2. The van der Waals surface area contributed by atoms with E-state index in [4.69, 9.17) is 0 Å². The highest BCUT2D eigenvalue weighted by atomic mass is 16.3. The van der Waals surface area contributed by atoms with Crippen molar-refractivity contribution in [2.45, 2.75) is 80.1 Å². The minimum Gasteiger partial charge on any atom is -0.505 e. The van der Waals surface area contributed by atoms with Crippen LogP contribution in [0.5, 0.6) is 0 Å². The SMILES string of the molecule is CC(=CCC1=C(O)C(NCCC(C)C)=CC(=O)C1=O)CCC1(C)CCC=C(C)C1C. The molecule has 0 spiro atoms. The van der Waals surface area contributed by atoms with E-state index in [0.29, 0.717) is 29.5 Å². The number of ketones is 2. The Balaban J connectivity index is 2.03. The summed E-state index contributed by atoms with van der Waals surface area (Å²) in [7, 11) is 0. The molecule has 30 heavy (non-hydrogen) atoms. The number of aliphatic hydroxyl groups is 1. The second-order valence-electron chi connectivity index (χ2n) is 9.80. The van der Waals surface area contributed by atoms with Crippen molar-refractivity contribution in [1.29, 1.82) is 0 Å². The van der Waals surface area contributed by atoms with Gasteiger partial charge in [0.1, 0.15) is 5.76 Å². The van der Waals surface area contributed by atoms with Crippen LogP contribution in [0.15, 0.2) is 46.4 Å². The Bertz CT molecular complexity index is 797. The van der Waals surface area contributed by atoms with Crippen LogP contribution in [-0.2, 0) is 9.59 Å². The summed E-state index contributed by atoms with van der Waals surface area (Å²) in [5, 5.41) is 13.7. The molecule has 0 amide bonds. The molecule has 0 fully saturated rings. The molecule has 0 radical (unpaired) electrons. The molecule has 0 aliphatic heterocycles. The third-order valence-corrected chi connectivity index (χ3v) is 7.01. The van der Waals surface area contributed by atoms with Crippen molar-refractivity contribution in [1.82, 2.24) is 5.32 Å². The predicted octanol–water partition coefficient (Wildman–Crippen LogP) is 5.97. The van der Waals surface area contributed by atoms with Crippen LogP contribution in [0.2, 0.25) is 0 Å². The van der Waals surface area contributed by atoms with Gasteiger partial charge in [0.25, 0.3) is 0 Å². The topological polar surface area (TPSA) is 66.4 Å². The summed E-state index contributed by atoms with van der Waals surface area (Å²) in [5.41, 5.74) is 3.54. The fraction of sp³-hybridized carbons (Fsp3) is 0.615. The maximum absolute atomic E-state index is 12.3. The summed E-state index contributed by atoms with van der Waals surface area (Å²) < 4.78 is 0. The van der Waals surface area contributed by atoms with E-state index in [9.17, 15) is 14.7 Å². The lowest BCUT2D eigenvalue weighted by Gasteiger charge is -2.40. The van der Waals surface area contributed by atoms with E-state index >= 15 is 0 Å². The third kappa shape index (κ3) is 5.96. The summed E-state index contributed by atoms with van der Waals surface area (Å²) in [6.45, 7) is 13.9. The fourth-order valence-corrected chi connectivity index (χ4v) is 4.28. The molecule has 166 valence electrons. The molecule has 2 atom stereocenters. The third-order valence-electron chi connectivity index (χ3n) is 7.01. The Labute approximate surface area is 182 Å². The van der Waals surface area contributed by atoms with Crippen molar-refractivity contribution >= 4 is 11.6 Å². The van der Waals surface area contributed by atoms with Crippen molar-refractivity contribution in [3.63, 3.8) is 0 Å². The predicted molar refractivity (Wildman–Crippen MR) is 123 cm³/mol. The average molecular weight is 414 g/mol. The van der Waals surface area contributed by atoms with Gasteiger partial charge in [0.15, 0.2) is 0 Å². The number of carbonyl (C=O) groups is 2. The molecule has 4 nitrogen and oxygen atoms in total. The normalized spacial score (nSPS) is 25.6. The maximum Gasteiger partial charge on any atom is 0.233 e. The van der Waals surface area contributed by atoms with Gasteiger partial charge in [-0.15, -0.1) is 0 Å². The molecule has 0 aromatic heterocycles. The molecule has 0 aromatic carbocycles. The lowest BCUT2D eigenvalue weighted by molar-refractivity contribution is -0.131. The van der Waals surface area contributed by atoms with Gasteiger partial charge in [-0.25, -0.2) is 0 Å². The van der Waals surface area contributed by atoms with E-state index < -0.39 is 11.6 Å². The van der Waals surface area contributed by atoms with Crippen LogP contribution >= 0.6 is 0 Å². The van der Waals surface area contributed by atoms with Crippen molar-refractivity contribution in [2.75, 3.05) is 6.54 Å². The van der Waals surface area contributed by atoms with Gasteiger partial charge in [0.05, 0.1) is 11.3 Å². The Morgan fingerprint density at radius 3 is 2.73 bits per heavy atom. The van der Waals surface area contributed by atoms with Crippen LogP contribution in [-0.4, -0.2) is 23.2 Å². The summed E-state index contributed by atoms with van der Waals surface area (Å²) in [5.74, 6) is -0.150. The first-order valence-electron chi connectivity index (χ1n) is 11.3. The molecule has 0 heterocycles. The highest BCUT2D eigenvalue weighted by molar-refractivity contribution is 6.48. The Morgan fingerprint density at radius 2 is 2.07 bits per heavy atom. The standard InChI is InChI=1S/C26H39NO3/c1-17(2)12-15-27-22-16-23(28)25(30)21(24(22)29)10-9-18(3)11-14-26(6)13-7-8-19(4)20(26)5/h8-9,16-17,20,27,29H,7,10-15H2,1-6H3. The number of Topliss-reactive ketones (excluding diaryl/α,β-unsaturated/α-hetero) is 1. The van der Waals surface area contributed by atoms with Gasteiger partial charge in [-0.2, -0.15) is 0 Å². The van der Waals surface area contributed by atoms with Crippen molar-refractivity contribution in [3.05, 3.63) is 46.4 Å². The van der Waals surface area contributed by atoms with Crippen molar-refractivity contribution in [3.8, 4) is 0 Å². The second-order valence-corrected chi connectivity index (χ2v) is 9.80. The number of allylic oxidation sites excluding steroid dienone is 6. The number of carbonyl (C=O) groups excluding carboxylic acids is 2. The average Bonchev–Trinajstić information content (AvgIpc) is 2.68. The van der Waals surface area contributed by atoms with Gasteiger partial charge in [-0.3, -0.25) is 9.59 Å². The quantitative estimate of drug-likeness (QED) is 0.278. The van der Waals surface area contributed by atoms with Crippen LogP contribution in [0.1, 0.15) is 80.1 Å². The van der Waals surface area contributed by atoms with Crippen LogP contribution < -0.4 is 5.32 Å². The molecule has 0 saturated carbocycles. The molecule has 2 aliphatic rings.